The van der Waals surface area contributed by atoms with Gasteiger partial charge in [0.25, 0.3) is 0 Å². The van der Waals surface area contributed by atoms with Gasteiger partial charge in [0, 0.05) is 15.4 Å². The molecular weight excluding hydrogens is 426 g/mol. The number of halogens is 2. The van der Waals surface area contributed by atoms with Crippen molar-refractivity contribution < 1.29 is 0 Å². The van der Waals surface area contributed by atoms with E-state index >= 15 is 0 Å². The maximum atomic E-state index is 4.51. The molecule has 0 fully saturated rings. The zero-order chi connectivity index (χ0) is 14.5. The minimum Gasteiger partial charge on any atom is -0.253 e. The molecule has 3 aromatic rings. The first kappa shape index (κ1) is 16.9. The molecule has 0 saturated carbocycles. The molecule has 0 aliphatic heterocycles. The number of aromatic nitrogens is 1. The highest BCUT2D eigenvalue weighted by atomic mass is 79.9. The van der Waals surface area contributed by atoms with Crippen molar-refractivity contribution >= 4 is 55.6 Å². The summed E-state index contributed by atoms with van der Waals surface area (Å²) in [6.07, 6.45) is 1.77. The summed E-state index contributed by atoms with van der Waals surface area (Å²) in [5, 5.41) is 7.01. The molecule has 6 heteroatoms. The van der Waals surface area contributed by atoms with Gasteiger partial charge in [-0.1, -0.05) is 58.4 Å². The average Bonchev–Trinajstić information content (AvgIpc) is 2.99. The van der Waals surface area contributed by atoms with Crippen molar-refractivity contribution in [3.63, 3.8) is 0 Å². The summed E-state index contributed by atoms with van der Waals surface area (Å²) in [4.78, 5) is 4.51. The highest BCUT2D eigenvalue weighted by molar-refractivity contribution is 9.10. The molecule has 22 heavy (non-hydrogen) atoms. The lowest BCUT2D eigenvalue weighted by atomic mass is 10.2. The third kappa shape index (κ3) is 4.50. The summed E-state index contributed by atoms with van der Waals surface area (Å²) >= 11 is 4.95. The molecule has 0 radical (unpaired) electrons. The highest BCUT2D eigenvalue weighted by Gasteiger charge is 2.02. The first-order valence-corrected chi connectivity index (χ1v) is 8.04. The standard InChI is InChI=1S/C16H12BrN3S.BrH/c17-14-8-6-12(7-9-14)10-18-20-16-19-15(11-21-16)13-4-2-1-3-5-13;/h1-11H,(H,19,20);1H. The Kier molecular flexibility index (Phi) is 6.30. The zero-order valence-electron chi connectivity index (χ0n) is 11.4. The molecule has 0 atom stereocenters. The Morgan fingerprint density at radius 2 is 1.77 bits per heavy atom. The van der Waals surface area contributed by atoms with Gasteiger partial charge >= 0.3 is 0 Å². The Balaban J connectivity index is 0.00000176. The fraction of sp³-hybridized carbons (Fsp3) is 0. The molecule has 112 valence electrons. The van der Waals surface area contributed by atoms with Crippen LogP contribution in [0.3, 0.4) is 0 Å². The monoisotopic (exact) mass is 437 g/mol. The van der Waals surface area contributed by atoms with E-state index in [-0.39, 0.29) is 17.0 Å². The van der Waals surface area contributed by atoms with Crippen molar-refractivity contribution in [3.05, 3.63) is 70.0 Å². The second-order valence-electron chi connectivity index (χ2n) is 4.33. The van der Waals surface area contributed by atoms with Crippen LogP contribution in [0.1, 0.15) is 5.56 Å². The zero-order valence-corrected chi connectivity index (χ0v) is 15.6. The Morgan fingerprint density at radius 1 is 1.05 bits per heavy atom. The summed E-state index contributed by atoms with van der Waals surface area (Å²) in [5.41, 5.74) is 6.07. The first-order chi connectivity index (χ1) is 10.3. The van der Waals surface area contributed by atoms with E-state index in [0.29, 0.717) is 0 Å². The predicted octanol–water partition coefficient (Wildman–Crippen LogP) is 5.60. The van der Waals surface area contributed by atoms with Crippen molar-refractivity contribution in [1.82, 2.24) is 4.98 Å². The summed E-state index contributed by atoms with van der Waals surface area (Å²) in [7, 11) is 0. The molecular formula is C16H13Br2N3S. The number of benzene rings is 2. The summed E-state index contributed by atoms with van der Waals surface area (Å²) in [6.45, 7) is 0. The summed E-state index contributed by atoms with van der Waals surface area (Å²) in [5.74, 6) is 0. The van der Waals surface area contributed by atoms with Crippen LogP contribution < -0.4 is 5.43 Å². The lowest BCUT2D eigenvalue weighted by Crippen LogP contribution is -1.90. The van der Waals surface area contributed by atoms with Crippen molar-refractivity contribution in [2.24, 2.45) is 5.10 Å². The van der Waals surface area contributed by atoms with Gasteiger partial charge in [0.15, 0.2) is 0 Å². The third-order valence-corrected chi connectivity index (χ3v) is 4.09. The van der Waals surface area contributed by atoms with E-state index in [1.807, 2.05) is 60.0 Å². The number of thiazole rings is 1. The van der Waals surface area contributed by atoms with Crippen LogP contribution in [0.2, 0.25) is 0 Å². The largest absolute Gasteiger partial charge is 0.253 e. The minimum atomic E-state index is 0. The first-order valence-electron chi connectivity index (χ1n) is 6.37. The number of anilines is 1. The van der Waals surface area contributed by atoms with E-state index in [4.69, 9.17) is 0 Å². The van der Waals surface area contributed by atoms with Crippen LogP contribution in [-0.2, 0) is 0 Å². The lowest BCUT2D eigenvalue weighted by molar-refractivity contribution is 1.29. The van der Waals surface area contributed by atoms with E-state index in [1.54, 1.807) is 6.21 Å². The molecule has 0 spiro atoms. The maximum Gasteiger partial charge on any atom is 0.203 e. The molecule has 0 saturated heterocycles. The van der Waals surface area contributed by atoms with E-state index in [9.17, 15) is 0 Å². The van der Waals surface area contributed by atoms with E-state index in [2.05, 4.69) is 31.4 Å². The van der Waals surface area contributed by atoms with Gasteiger partial charge in [-0.2, -0.15) is 5.10 Å². The topological polar surface area (TPSA) is 37.3 Å². The molecule has 2 aromatic carbocycles. The van der Waals surface area contributed by atoms with Crippen molar-refractivity contribution in [1.29, 1.82) is 0 Å². The van der Waals surface area contributed by atoms with Crippen LogP contribution in [-0.4, -0.2) is 11.2 Å². The molecule has 0 amide bonds. The molecule has 0 bridgehead atoms. The third-order valence-electron chi connectivity index (χ3n) is 2.82. The number of nitrogens with one attached hydrogen (secondary N) is 1. The van der Waals surface area contributed by atoms with Gasteiger partial charge in [0.1, 0.15) is 0 Å². The molecule has 1 aromatic heterocycles. The number of nitrogens with zero attached hydrogens (tertiary/aromatic N) is 2. The number of hydrogen-bond acceptors (Lipinski definition) is 4. The molecule has 3 nitrogen and oxygen atoms in total. The molecule has 0 aliphatic rings. The SMILES string of the molecule is Br.Brc1ccc(C=NNc2nc(-c3ccccc3)cs2)cc1. The van der Waals surface area contributed by atoms with Crippen LogP contribution in [0.5, 0.6) is 0 Å². The Hall–Kier alpha value is -1.50. The Bertz CT molecular complexity index is 740. The molecule has 1 heterocycles. The van der Waals surface area contributed by atoms with Crippen LogP contribution in [0, 0.1) is 0 Å². The van der Waals surface area contributed by atoms with E-state index in [0.717, 1.165) is 26.4 Å². The number of rotatable bonds is 4. The normalized spacial score (nSPS) is 10.4. The highest BCUT2D eigenvalue weighted by Crippen LogP contribution is 2.24. The van der Waals surface area contributed by atoms with Gasteiger partial charge in [0.05, 0.1) is 11.9 Å². The van der Waals surface area contributed by atoms with Crippen LogP contribution >= 0.6 is 44.2 Å². The van der Waals surface area contributed by atoms with E-state index in [1.165, 1.54) is 11.3 Å². The van der Waals surface area contributed by atoms with Crippen molar-refractivity contribution in [2.75, 3.05) is 5.43 Å². The molecule has 3 rings (SSSR count). The average molecular weight is 439 g/mol. The fourth-order valence-corrected chi connectivity index (χ4v) is 2.71. The molecule has 1 N–H and O–H groups in total. The second kappa shape index (κ2) is 8.22. The van der Waals surface area contributed by atoms with Crippen molar-refractivity contribution in [3.8, 4) is 11.3 Å². The van der Waals surface area contributed by atoms with Gasteiger partial charge in [-0.05, 0) is 17.7 Å². The minimum absolute atomic E-state index is 0. The Labute approximate surface area is 152 Å². The predicted molar refractivity (Wildman–Crippen MR) is 103 cm³/mol. The number of hydrazone groups is 1. The van der Waals surface area contributed by atoms with E-state index < -0.39 is 0 Å². The lowest BCUT2D eigenvalue weighted by Gasteiger charge is -1.96. The molecule has 0 aliphatic carbocycles. The maximum absolute atomic E-state index is 4.51. The summed E-state index contributed by atoms with van der Waals surface area (Å²) < 4.78 is 1.06. The number of hydrogen-bond donors (Lipinski definition) is 1. The van der Waals surface area contributed by atoms with Crippen LogP contribution in [0.25, 0.3) is 11.3 Å². The van der Waals surface area contributed by atoms with Crippen LogP contribution in [0.4, 0.5) is 5.13 Å². The van der Waals surface area contributed by atoms with Crippen molar-refractivity contribution in [2.45, 2.75) is 0 Å². The fourth-order valence-electron chi connectivity index (χ4n) is 1.78. The summed E-state index contributed by atoms with van der Waals surface area (Å²) in [6, 6.07) is 18.1. The smallest absolute Gasteiger partial charge is 0.203 e. The van der Waals surface area contributed by atoms with Gasteiger partial charge < -0.3 is 0 Å². The molecule has 0 unspecified atom stereocenters. The van der Waals surface area contributed by atoms with Gasteiger partial charge in [-0.3, -0.25) is 5.43 Å². The van der Waals surface area contributed by atoms with Gasteiger partial charge in [0.2, 0.25) is 5.13 Å². The Morgan fingerprint density at radius 3 is 2.50 bits per heavy atom. The quantitative estimate of drug-likeness (QED) is 0.425. The van der Waals surface area contributed by atoms with Gasteiger partial charge in [-0.15, -0.1) is 28.3 Å². The van der Waals surface area contributed by atoms with Crippen LogP contribution in [0.15, 0.2) is 69.6 Å². The van der Waals surface area contributed by atoms with Gasteiger partial charge in [-0.25, -0.2) is 4.98 Å². The second-order valence-corrected chi connectivity index (χ2v) is 6.10.